The molecule has 0 bridgehead atoms. The summed E-state index contributed by atoms with van der Waals surface area (Å²) in [7, 11) is 0. The summed E-state index contributed by atoms with van der Waals surface area (Å²) in [5.41, 5.74) is 21.2. The second kappa shape index (κ2) is 24.2. The number of aromatic amines is 2. The number of amides is 2. The molecule has 0 fully saturated rings. The Labute approximate surface area is 447 Å². The SMILES string of the molecule is CC(C)(C)OC(=O)Nc1ccc(CN)cc1.CC(C)c1ccccc1-c1ncc2[nH]c(=O)n(Cc3ccc(N)cc3)c2n1.CC(C)c1ccccc1-c1ncc2[nH]c(=O)n(Cc3ccc(NC(=O)OC(C)(C)C)cc3)c2n1. The zero-order chi connectivity index (χ0) is 55.6. The van der Waals surface area contributed by atoms with Crippen LogP contribution in [-0.4, -0.2) is 62.4 Å². The van der Waals surface area contributed by atoms with E-state index in [-0.39, 0.29) is 11.4 Å². The molecule has 4 heterocycles. The van der Waals surface area contributed by atoms with Gasteiger partial charge in [0, 0.05) is 34.7 Å². The molecule has 9 rings (SSSR count). The van der Waals surface area contributed by atoms with Crippen LogP contribution < -0.4 is 33.5 Å². The average Bonchev–Trinajstić information content (AvgIpc) is 3.86. The Kier molecular flexibility index (Phi) is 17.5. The van der Waals surface area contributed by atoms with Crippen LogP contribution in [-0.2, 0) is 29.1 Å². The number of aromatic nitrogens is 8. The van der Waals surface area contributed by atoms with E-state index < -0.39 is 23.4 Å². The minimum absolute atomic E-state index is 0.203. The Morgan fingerprint density at radius 2 is 0.922 bits per heavy atom. The van der Waals surface area contributed by atoms with E-state index >= 15 is 0 Å². The molecule has 18 heteroatoms. The first-order valence-electron chi connectivity index (χ1n) is 25.4. The molecule has 0 aliphatic carbocycles. The van der Waals surface area contributed by atoms with E-state index in [1.54, 1.807) is 45.8 Å². The number of benzene rings is 5. The number of carbonyl (C=O) groups excluding carboxylic acids is 2. The third-order valence-electron chi connectivity index (χ3n) is 11.8. The lowest BCUT2D eigenvalue weighted by atomic mass is 9.97. The van der Waals surface area contributed by atoms with Gasteiger partial charge in [-0.25, -0.2) is 39.1 Å². The molecular formula is C59H68N12O6. The summed E-state index contributed by atoms with van der Waals surface area (Å²) in [6.07, 6.45) is 2.36. The molecule has 8 N–H and O–H groups in total. The molecule has 0 aliphatic heterocycles. The van der Waals surface area contributed by atoms with Crippen molar-refractivity contribution in [2.75, 3.05) is 16.4 Å². The van der Waals surface area contributed by atoms with Gasteiger partial charge in [-0.05, 0) is 118 Å². The highest BCUT2D eigenvalue weighted by Gasteiger charge is 2.19. The van der Waals surface area contributed by atoms with E-state index in [1.807, 2.05) is 126 Å². The van der Waals surface area contributed by atoms with Gasteiger partial charge in [0.05, 0.1) is 25.5 Å². The first-order chi connectivity index (χ1) is 36.5. The zero-order valence-corrected chi connectivity index (χ0v) is 45.3. The number of nitrogens with zero attached hydrogens (tertiary/aromatic N) is 6. The van der Waals surface area contributed by atoms with Crippen LogP contribution in [0.25, 0.3) is 45.1 Å². The van der Waals surface area contributed by atoms with E-state index in [4.69, 9.17) is 30.9 Å². The van der Waals surface area contributed by atoms with Crippen molar-refractivity contribution in [1.29, 1.82) is 0 Å². The van der Waals surface area contributed by atoms with Crippen molar-refractivity contribution >= 4 is 51.6 Å². The van der Waals surface area contributed by atoms with Crippen molar-refractivity contribution in [3.05, 3.63) is 183 Å². The Morgan fingerprint density at radius 1 is 0.558 bits per heavy atom. The van der Waals surface area contributed by atoms with Gasteiger partial charge in [-0.15, -0.1) is 0 Å². The number of nitrogens with one attached hydrogen (secondary N) is 4. The molecule has 5 aromatic carbocycles. The topological polar surface area (TPSA) is 256 Å². The van der Waals surface area contributed by atoms with Gasteiger partial charge >= 0.3 is 23.6 Å². The van der Waals surface area contributed by atoms with Crippen LogP contribution in [0.1, 0.15) is 109 Å². The van der Waals surface area contributed by atoms with Crippen LogP contribution in [0, 0.1) is 0 Å². The third kappa shape index (κ3) is 15.1. The van der Waals surface area contributed by atoms with Crippen molar-refractivity contribution < 1.29 is 19.1 Å². The van der Waals surface area contributed by atoms with Gasteiger partial charge in [0.15, 0.2) is 22.9 Å². The van der Waals surface area contributed by atoms with E-state index in [2.05, 4.69) is 70.4 Å². The highest BCUT2D eigenvalue weighted by Crippen LogP contribution is 2.29. The molecule has 77 heavy (non-hydrogen) atoms. The fourth-order valence-electron chi connectivity index (χ4n) is 8.10. The Hall–Kier alpha value is -8.90. The number of nitrogens with two attached hydrogens (primary N) is 2. The van der Waals surface area contributed by atoms with Gasteiger partial charge in [0.1, 0.15) is 22.2 Å². The first-order valence-corrected chi connectivity index (χ1v) is 25.4. The number of carbonyl (C=O) groups is 2. The number of imidazole rings is 2. The van der Waals surface area contributed by atoms with Gasteiger partial charge in [-0.1, -0.05) is 113 Å². The Bertz CT molecular complexity index is 3580. The number of nitrogen functional groups attached to an aromatic ring is 1. The highest BCUT2D eigenvalue weighted by atomic mass is 16.6. The second-order valence-electron chi connectivity index (χ2n) is 21.0. The summed E-state index contributed by atoms with van der Waals surface area (Å²) >= 11 is 0. The fourth-order valence-corrected chi connectivity index (χ4v) is 8.10. The molecule has 0 atom stereocenters. The van der Waals surface area contributed by atoms with E-state index in [0.29, 0.717) is 82.5 Å². The van der Waals surface area contributed by atoms with Gasteiger partial charge < -0.3 is 30.9 Å². The predicted molar refractivity (Wildman–Crippen MR) is 305 cm³/mol. The van der Waals surface area contributed by atoms with Crippen molar-refractivity contribution in [1.82, 2.24) is 39.0 Å². The minimum atomic E-state index is -0.572. The van der Waals surface area contributed by atoms with Crippen LogP contribution in [0.2, 0.25) is 0 Å². The lowest BCUT2D eigenvalue weighted by Crippen LogP contribution is -2.27. The normalized spacial score (nSPS) is 11.4. The van der Waals surface area contributed by atoms with Gasteiger partial charge in [0.2, 0.25) is 0 Å². The molecule has 0 unspecified atom stereocenters. The maximum Gasteiger partial charge on any atom is 0.412 e. The molecule has 0 aliphatic rings. The van der Waals surface area contributed by atoms with Crippen LogP contribution >= 0.6 is 0 Å². The van der Waals surface area contributed by atoms with Crippen LogP contribution in [0.15, 0.2) is 143 Å². The largest absolute Gasteiger partial charge is 0.444 e. The molecule has 2 amide bonds. The van der Waals surface area contributed by atoms with Crippen LogP contribution in [0.3, 0.4) is 0 Å². The monoisotopic (exact) mass is 1040 g/mol. The lowest BCUT2D eigenvalue weighted by molar-refractivity contribution is 0.0624. The van der Waals surface area contributed by atoms with Crippen molar-refractivity contribution in [2.45, 2.75) is 112 Å². The quantitative estimate of drug-likeness (QED) is 0.0661. The van der Waals surface area contributed by atoms with Crippen molar-refractivity contribution in [3.8, 4) is 22.8 Å². The summed E-state index contributed by atoms with van der Waals surface area (Å²) in [4.78, 5) is 72.6. The number of H-pyrrole nitrogens is 2. The average molecular weight is 1040 g/mol. The number of ether oxygens (including phenoxy) is 2. The maximum atomic E-state index is 12.7. The number of anilines is 3. The number of hydrogen-bond acceptors (Lipinski definition) is 12. The van der Waals surface area contributed by atoms with Gasteiger partial charge in [-0.3, -0.25) is 19.8 Å². The molecule has 0 radical (unpaired) electrons. The molecular weight excluding hydrogens is 973 g/mol. The third-order valence-corrected chi connectivity index (χ3v) is 11.8. The number of fused-ring (bicyclic) bond motifs is 2. The van der Waals surface area contributed by atoms with E-state index in [1.165, 1.54) is 5.56 Å². The summed E-state index contributed by atoms with van der Waals surface area (Å²) in [5, 5.41) is 5.36. The zero-order valence-electron chi connectivity index (χ0n) is 45.3. The van der Waals surface area contributed by atoms with E-state index in [0.717, 1.165) is 33.4 Å². The van der Waals surface area contributed by atoms with Crippen LogP contribution in [0.5, 0.6) is 0 Å². The van der Waals surface area contributed by atoms with Crippen molar-refractivity contribution in [2.24, 2.45) is 5.73 Å². The predicted octanol–water partition coefficient (Wildman–Crippen LogP) is 11.3. The molecule has 400 valence electrons. The number of rotatable bonds is 11. The number of hydrogen-bond donors (Lipinski definition) is 6. The van der Waals surface area contributed by atoms with Crippen LogP contribution in [0.4, 0.5) is 26.7 Å². The van der Waals surface area contributed by atoms with Crippen molar-refractivity contribution in [3.63, 3.8) is 0 Å². The Morgan fingerprint density at radius 3 is 1.29 bits per heavy atom. The molecule has 4 aromatic heterocycles. The first kappa shape index (κ1) is 55.8. The molecule has 18 nitrogen and oxygen atoms in total. The standard InChI is InChI=1S/C26H29N5O3.C21H21N5O.C12H18N2O2/c1-16(2)19-8-6-7-9-20(19)22-27-14-21-23(30-22)31(24(32)29-21)15-17-10-12-18(13-11-17)28-25(33)34-26(3,4)5;1-13(2)16-5-3-4-6-17(16)19-23-11-18-20(25-19)26(21(27)24-18)12-14-7-9-15(22)10-8-14;1-12(2,3)16-11(15)14-10-6-4-9(8-13)5-7-10/h6-14,16H,15H2,1-5H3,(H,28,33)(H,29,32);3-11,13H,12,22H2,1-2H3,(H,24,27);4-7H,8,13H2,1-3H3,(H,14,15). The summed E-state index contributed by atoms with van der Waals surface area (Å²) in [6, 6.07) is 38.2. The summed E-state index contributed by atoms with van der Waals surface area (Å²) < 4.78 is 13.6. The lowest BCUT2D eigenvalue weighted by Gasteiger charge is -2.19. The van der Waals surface area contributed by atoms with Gasteiger partial charge in [-0.2, -0.15) is 0 Å². The molecule has 9 aromatic rings. The fraction of sp³-hybridized carbons (Fsp3) is 0.288. The smallest absolute Gasteiger partial charge is 0.412 e. The second-order valence-corrected chi connectivity index (χ2v) is 21.0. The molecule has 0 saturated heterocycles. The van der Waals surface area contributed by atoms with Gasteiger partial charge in [0.25, 0.3) is 0 Å². The highest BCUT2D eigenvalue weighted by molar-refractivity contribution is 5.85. The maximum absolute atomic E-state index is 12.7. The van der Waals surface area contributed by atoms with E-state index in [9.17, 15) is 19.2 Å². The summed E-state index contributed by atoms with van der Waals surface area (Å²) in [6.45, 7) is 20.7. The molecule has 0 saturated carbocycles. The summed E-state index contributed by atoms with van der Waals surface area (Å²) in [5.74, 6) is 1.87. The molecule has 0 spiro atoms. The Balaban J connectivity index is 0.000000179. The minimum Gasteiger partial charge on any atom is -0.444 e.